The molecule has 0 aliphatic rings. The quantitative estimate of drug-likeness (QED) is 0.679. The Hall–Kier alpha value is -1.29. The molecule has 0 heterocycles. The smallest absolute Gasteiger partial charge is 0.338 e. The van der Waals surface area contributed by atoms with E-state index in [2.05, 4.69) is 27.2 Å². The summed E-state index contributed by atoms with van der Waals surface area (Å²) in [4.78, 5) is 11.4. The van der Waals surface area contributed by atoms with Crippen molar-refractivity contribution < 1.29 is 14.6 Å². The summed E-state index contributed by atoms with van der Waals surface area (Å²) in [6.45, 7) is 3.57. The van der Waals surface area contributed by atoms with Gasteiger partial charge in [0.25, 0.3) is 0 Å². The molecule has 0 unspecified atom stereocenters. The van der Waals surface area contributed by atoms with Crippen molar-refractivity contribution >= 4 is 21.9 Å². The molecule has 1 aromatic rings. The van der Waals surface area contributed by atoms with Gasteiger partial charge in [-0.15, -0.1) is 6.58 Å². The van der Waals surface area contributed by atoms with Crippen LogP contribution in [0.5, 0.6) is 5.75 Å². The predicted molar refractivity (Wildman–Crippen MR) is 61.0 cm³/mol. The largest absolute Gasteiger partial charge is 0.506 e. The summed E-state index contributed by atoms with van der Waals surface area (Å²) < 4.78 is 5.17. The van der Waals surface area contributed by atoms with Gasteiger partial charge in [-0.2, -0.15) is 0 Å². The molecule has 0 fully saturated rings. The molecule has 15 heavy (non-hydrogen) atoms. The number of hydrogen-bond donors (Lipinski definition) is 1. The molecule has 80 valence electrons. The predicted octanol–water partition coefficient (Wildman–Crippen LogP) is 2.67. The standard InChI is InChI=1S/C11H11BrO3/c1-3-4-7-8(11(14)15-2)5-6-9(12)10(7)13/h3,5-6,13H,1,4H2,2H3. The first kappa shape index (κ1) is 11.8. The Bertz CT molecular complexity index is 399. The highest BCUT2D eigenvalue weighted by atomic mass is 79.9. The second-order valence-corrected chi connectivity index (χ2v) is 3.76. The minimum absolute atomic E-state index is 0.0535. The SMILES string of the molecule is C=CCc1c(C(=O)OC)ccc(Br)c1O. The van der Waals surface area contributed by atoms with Crippen LogP contribution in [0.15, 0.2) is 29.3 Å². The number of carbonyl (C=O) groups excluding carboxylic acids is 1. The second kappa shape index (κ2) is 4.98. The van der Waals surface area contributed by atoms with Crippen LogP contribution in [-0.2, 0) is 11.2 Å². The number of phenols is 1. The van der Waals surface area contributed by atoms with Gasteiger partial charge in [0.2, 0.25) is 0 Å². The van der Waals surface area contributed by atoms with Crippen molar-refractivity contribution in [1.82, 2.24) is 0 Å². The van der Waals surface area contributed by atoms with Gasteiger partial charge in [-0.1, -0.05) is 6.08 Å². The second-order valence-electron chi connectivity index (χ2n) is 2.91. The lowest BCUT2D eigenvalue weighted by Gasteiger charge is -2.09. The molecule has 4 heteroatoms. The van der Waals surface area contributed by atoms with Gasteiger partial charge < -0.3 is 9.84 Å². The molecule has 0 amide bonds. The maximum absolute atomic E-state index is 11.4. The number of benzene rings is 1. The first-order valence-electron chi connectivity index (χ1n) is 4.31. The summed E-state index contributed by atoms with van der Waals surface area (Å²) >= 11 is 3.18. The highest BCUT2D eigenvalue weighted by Crippen LogP contribution is 2.31. The number of aromatic hydroxyl groups is 1. The third-order valence-electron chi connectivity index (χ3n) is 1.99. The number of halogens is 1. The fraction of sp³-hybridized carbons (Fsp3) is 0.182. The molecular formula is C11H11BrO3. The van der Waals surface area contributed by atoms with Gasteiger partial charge >= 0.3 is 5.97 Å². The van der Waals surface area contributed by atoms with Gasteiger partial charge in [-0.25, -0.2) is 4.79 Å². The molecule has 0 aliphatic carbocycles. The average Bonchev–Trinajstić information content (AvgIpc) is 2.24. The molecule has 0 spiro atoms. The highest BCUT2D eigenvalue weighted by Gasteiger charge is 2.16. The Morgan fingerprint density at radius 3 is 2.87 bits per heavy atom. The Morgan fingerprint density at radius 2 is 2.33 bits per heavy atom. The molecule has 0 aromatic heterocycles. The van der Waals surface area contributed by atoms with E-state index in [4.69, 9.17) is 0 Å². The maximum atomic E-state index is 11.4. The van der Waals surface area contributed by atoms with Gasteiger partial charge in [0.15, 0.2) is 0 Å². The van der Waals surface area contributed by atoms with Crippen molar-refractivity contribution in [2.75, 3.05) is 7.11 Å². The van der Waals surface area contributed by atoms with Crippen molar-refractivity contribution in [3.8, 4) is 5.75 Å². The van der Waals surface area contributed by atoms with Crippen LogP contribution in [-0.4, -0.2) is 18.2 Å². The summed E-state index contributed by atoms with van der Waals surface area (Å²) in [5, 5.41) is 9.75. The fourth-order valence-corrected chi connectivity index (χ4v) is 1.63. The minimum atomic E-state index is -0.463. The van der Waals surface area contributed by atoms with Crippen LogP contribution in [0.4, 0.5) is 0 Å². The van der Waals surface area contributed by atoms with Crippen LogP contribution < -0.4 is 0 Å². The van der Waals surface area contributed by atoms with Crippen LogP contribution in [0.25, 0.3) is 0 Å². The summed E-state index contributed by atoms with van der Waals surface area (Å²) in [5.74, 6) is -0.410. The number of ether oxygens (including phenoxy) is 1. The van der Waals surface area contributed by atoms with Crippen molar-refractivity contribution in [2.24, 2.45) is 0 Å². The number of methoxy groups -OCH3 is 1. The maximum Gasteiger partial charge on any atom is 0.338 e. The monoisotopic (exact) mass is 270 g/mol. The van der Waals surface area contributed by atoms with Gasteiger partial charge in [0.1, 0.15) is 5.75 Å². The molecule has 0 atom stereocenters. The summed E-state index contributed by atoms with van der Waals surface area (Å²) in [6.07, 6.45) is 2.03. The highest BCUT2D eigenvalue weighted by molar-refractivity contribution is 9.10. The van der Waals surface area contributed by atoms with Gasteiger partial charge in [0, 0.05) is 5.56 Å². The van der Waals surface area contributed by atoms with Crippen molar-refractivity contribution in [3.05, 3.63) is 40.4 Å². The van der Waals surface area contributed by atoms with E-state index in [0.29, 0.717) is 22.0 Å². The van der Waals surface area contributed by atoms with E-state index < -0.39 is 5.97 Å². The molecule has 1 rings (SSSR count). The molecule has 1 N–H and O–H groups in total. The Kier molecular flexibility index (Phi) is 3.91. The van der Waals surface area contributed by atoms with E-state index in [0.717, 1.165) is 0 Å². The summed E-state index contributed by atoms with van der Waals surface area (Å²) in [6, 6.07) is 3.21. The van der Waals surface area contributed by atoms with Gasteiger partial charge in [0.05, 0.1) is 17.1 Å². The van der Waals surface area contributed by atoms with Crippen LogP contribution in [0.3, 0.4) is 0 Å². The van der Waals surface area contributed by atoms with Crippen LogP contribution >= 0.6 is 15.9 Å². The normalized spacial score (nSPS) is 9.73. The zero-order chi connectivity index (χ0) is 11.4. The van der Waals surface area contributed by atoms with E-state index in [1.165, 1.54) is 7.11 Å². The number of carbonyl (C=O) groups is 1. The number of rotatable bonds is 3. The number of hydrogen-bond acceptors (Lipinski definition) is 3. The summed E-state index contributed by atoms with van der Waals surface area (Å²) in [5.41, 5.74) is 0.879. The lowest BCUT2D eigenvalue weighted by molar-refractivity contribution is 0.0599. The van der Waals surface area contributed by atoms with E-state index >= 15 is 0 Å². The number of phenolic OH excluding ortho intramolecular Hbond substituents is 1. The lowest BCUT2D eigenvalue weighted by atomic mass is 10.0. The number of allylic oxidation sites excluding steroid dienone is 1. The first-order valence-corrected chi connectivity index (χ1v) is 5.10. The average molecular weight is 271 g/mol. The molecule has 0 aliphatic heterocycles. The van der Waals surface area contributed by atoms with Crippen LogP contribution in [0.2, 0.25) is 0 Å². The molecule has 0 saturated heterocycles. The van der Waals surface area contributed by atoms with Gasteiger partial charge in [-0.05, 0) is 34.5 Å². The fourth-order valence-electron chi connectivity index (χ4n) is 1.26. The lowest BCUT2D eigenvalue weighted by Crippen LogP contribution is -2.05. The third-order valence-corrected chi connectivity index (χ3v) is 2.63. The van der Waals surface area contributed by atoms with E-state index in [-0.39, 0.29) is 5.75 Å². The molecule has 0 bridgehead atoms. The third kappa shape index (κ3) is 2.39. The van der Waals surface area contributed by atoms with Crippen LogP contribution in [0.1, 0.15) is 15.9 Å². The molecule has 0 saturated carbocycles. The zero-order valence-electron chi connectivity index (χ0n) is 8.29. The zero-order valence-corrected chi connectivity index (χ0v) is 9.87. The Morgan fingerprint density at radius 1 is 1.67 bits per heavy atom. The number of esters is 1. The Balaban J connectivity index is 3.32. The molecular weight excluding hydrogens is 260 g/mol. The molecule has 3 nitrogen and oxygen atoms in total. The van der Waals surface area contributed by atoms with Crippen molar-refractivity contribution in [1.29, 1.82) is 0 Å². The van der Waals surface area contributed by atoms with E-state index in [1.807, 2.05) is 0 Å². The Labute approximate surface area is 96.5 Å². The van der Waals surface area contributed by atoms with E-state index in [1.54, 1.807) is 18.2 Å². The van der Waals surface area contributed by atoms with Crippen molar-refractivity contribution in [2.45, 2.75) is 6.42 Å². The minimum Gasteiger partial charge on any atom is -0.506 e. The van der Waals surface area contributed by atoms with E-state index in [9.17, 15) is 9.90 Å². The van der Waals surface area contributed by atoms with Crippen LogP contribution in [0, 0.1) is 0 Å². The van der Waals surface area contributed by atoms with Crippen molar-refractivity contribution in [3.63, 3.8) is 0 Å². The molecule has 1 aromatic carbocycles. The first-order chi connectivity index (χ1) is 7.11. The van der Waals surface area contributed by atoms with Gasteiger partial charge in [-0.3, -0.25) is 0 Å². The topological polar surface area (TPSA) is 46.5 Å². The summed E-state index contributed by atoms with van der Waals surface area (Å²) in [7, 11) is 1.30. The molecule has 0 radical (unpaired) electrons.